The summed E-state index contributed by atoms with van der Waals surface area (Å²) >= 11 is 2.46. The summed E-state index contributed by atoms with van der Waals surface area (Å²) in [4.78, 5) is 2.72. The van der Waals surface area contributed by atoms with Crippen molar-refractivity contribution < 1.29 is 0 Å². The topological polar surface area (TPSA) is 6.48 Å². The second kappa shape index (κ2) is 3.07. The molecule has 0 N–H and O–H groups in total. The van der Waals surface area contributed by atoms with Gasteiger partial charge >= 0.3 is 0 Å². The molecule has 0 unspecified atom stereocenters. The molecule has 74 valence electrons. The summed E-state index contributed by atoms with van der Waals surface area (Å²) in [7, 11) is 0. The third-order valence-corrected chi connectivity index (χ3v) is 4.62. The van der Waals surface area contributed by atoms with Gasteiger partial charge in [0, 0.05) is 42.0 Å². The number of hydrogen-bond acceptors (Lipinski definition) is 2. The van der Waals surface area contributed by atoms with Gasteiger partial charge in [-0.3, -0.25) is 0 Å². The van der Waals surface area contributed by atoms with Gasteiger partial charge in [0.1, 0.15) is 0 Å². The van der Waals surface area contributed by atoms with E-state index in [0.29, 0.717) is 0 Å². The van der Waals surface area contributed by atoms with Gasteiger partial charge in [0.15, 0.2) is 0 Å². The Morgan fingerprint density at radius 2 is 1.69 bits per heavy atom. The van der Waals surface area contributed by atoms with E-state index >= 15 is 0 Å². The second-order valence-electron chi connectivity index (χ2n) is 5.05. The van der Waals surface area contributed by atoms with Crippen LogP contribution >= 0.6 is 22.9 Å². The van der Waals surface area contributed by atoms with Gasteiger partial charge in [-0.05, 0) is 44.2 Å². The average molecular weight is 292 g/mol. The number of halogens is 1. The monoisotopic (exact) mass is 292 g/mol. The summed E-state index contributed by atoms with van der Waals surface area (Å²) in [6, 6.07) is 0.994. The minimum atomic E-state index is 0.743. The van der Waals surface area contributed by atoms with Crippen LogP contribution in [0.5, 0.6) is 0 Å². The van der Waals surface area contributed by atoms with E-state index < -0.39 is 0 Å². The molecule has 2 heterocycles. The van der Waals surface area contributed by atoms with Crippen LogP contribution in [0.3, 0.4) is 0 Å². The quantitative estimate of drug-likeness (QED) is 0.538. The zero-order valence-electron chi connectivity index (χ0n) is 8.01. The fourth-order valence-corrected chi connectivity index (χ4v) is 4.25. The highest BCUT2D eigenvalue weighted by Crippen LogP contribution is 2.43. The highest BCUT2D eigenvalue weighted by atomic mass is 127. The summed E-state index contributed by atoms with van der Waals surface area (Å²) in [5, 5.41) is 0. The predicted molar refractivity (Wildman–Crippen MR) is 61.9 cm³/mol. The van der Waals surface area contributed by atoms with Crippen LogP contribution in [-0.2, 0) is 0 Å². The lowest BCUT2D eigenvalue weighted by molar-refractivity contribution is 0.0132. The highest BCUT2D eigenvalue weighted by Gasteiger charge is 2.45. The van der Waals surface area contributed by atoms with Crippen molar-refractivity contribution in [1.82, 2.24) is 8.01 Å². The van der Waals surface area contributed by atoms with E-state index in [2.05, 4.69) is 30.9 Å². The fraction of sp³-hybridized carbons (Fsp3) is 1.00. The molecule has 2 aliphatic heterocycles. The van der Waals surface area contributed by atoms with Crippen LogP contribution in [0.25, 0.3) is 0 Å². The lowest BCUT2D eigenvalue weighted by Crippen LogP contribution is -2.56. The molecule has 1 spiro atoms. The van der Waals surface area contributed by atoms with Crippen LogP contribution in [0.1, 0.15) is 25.7 Å². The highest BCUT2D eigenvalue weighted by molar-refractivity contribution is 14.1. The van der Waals surface area contributed by atoms with Crippen LogP contribution in [0.15, 0.2) is 0 Å². The average Bonchev–Trinajstić information content (AvgIpc) is 2.86. The minimum Gasteiger partial charge on any atom is -0.300 e. The van der Waals surface area contributed by atoms with Gasteiger partial charge in [-0.25, -0.2) is 3.11 Å². The standard InChI is InChI=1S/C10H17IN2/c11-13-7-10(8-13)3-5-12(6-4-10)9-1-2-9/h9H,1-8H2. The van der Waals surface area contributed by atoms with Crippen LogP contribution in [0.4, 0.5) is 0 Å². The van der Waals surface area contributed by atoms with Gasteiger partial charge in [0.2, 0.25) is 0 Å². The lowest BCUT2D eigenvalue weighted by Gasteiger charge is -2.51. The van der Waals surface area contributed by atoms with Gasteiger partial charge in [0.25, 0.3) is 0 Å². The van der Waals surface area contributed by atoms with Gasteiger partial charge in [-0.1, -0.05) is 0 Å². The predicted octanol–water partition coefficient (Wildman–Crippen LogP) is 1.90. The summed E-state index contributed by atoms with van der Waals surface area (Å²) in [5.74, 6) is 0. The number of rotatable bonds is 1. The van der Waals surface area contributed by atoms with E-state index in [0.717, 1.165) is 11.5 Å². The summed E-state index contributed by atoms with van der Waals surface area (Å²) < 4.78 is 2.44. The SMILES string of the molecule is IN1CC2(CCN(C3CC3)CC2)C1. The van der Waals surface area contributed by atoms with Crippen molar-refractivity contribution in [2.45, 2.75) is 31.7 Å². The van der Waals surface area contributed by atoms with Crippen LogP contribution in [0.2, 0.25) is 0 Å². The molecule has 1 saturated carbocycles. The first-order chi connectivity index (χ1) is 6.27. The number of hydrogen-bond donors (Lipinski definition) is 0. The van der Waals surface area contributed by atoms with Crippen LogP contribution in [-0.4, -0.2) is 40.2 Å². The van der Waals surface area contributed by atoms with Crippen LogP contribution < -0.4 is 0 Å². The van der Waals surface area contributed by atoms with Gasteiger partial charge in [-0.15, -0.1) is 0 Å². The van der Waals surface area contributed by atoms with Crippen molar-refractivity contribution in [3.8, 4) is 0 Å². The van der Waals surface area contributed by atoms with Crippen molar-refractivity contribution in [2.75, 3.05) is 26.2 Å². The molecule has 3 rings (SSSR count). The Bertz CT molecular complexity index is 199. The Hall–Kier alpha value is 0.650. The zero-order chi connectivity index (χ0) is 8.89. The zero-order valence-corrected chi connectivity index (χ0v) is 10.2. The molecule has 0 bridgehead atoms. The molecule has 0 aromatic rings. The smallest absolute Gasteiger partial charge is 0.0201 e. The summed E-state index contributed by atoms with van der Waals surface area (Å²) in [5.41, 5.74) is 0.743. The molecule has 1 aliphatic carbocycles. The molecular formula is C10H17IN2. The van der Waals surface area contributed by atoms with Gasteiger partial charge in [0.05, 0.1) is 0 Å². The maximum Gasteiger partial charge on any atom is 0.0201 e. The molecule has 13 heavy (non-hydrogen) atoms. The third-order valence-electron chi connectivity index (χ3n) is 3.94. The molecule has 2 nitrogen and oxygen atoms in total. The summed E-state index contributed by atoms with van der Waals surface area (Å²) in [6.07, 6.45) is 5.88. The van der Waals surface area contributed by atoms with Gasteiger partial charge in [-0.2, -0.15) is 0 Å². The van der Waals surface area contributed by atoms with Crippen molar-refractivity contribution in [3.05, 3.63) is 0 Å². The van der Waals surface area contributed by atoms with E-state index in [9.17, 15) is 0 Å². The minimum absolute atomic E-state index is 0.743. The van der Waals surface area contributed by atoms with E-state index in [4.69, 9.17) is 0 Å². The Morgan fingerprint density at radius 1 is 1.08 bits per heavy atom. The Labute approximate surface area is 94.1 Å². The molecule has 0 atom stereocenters. The van der Waals surface area contributed by atoms with Crippen molar-refractivity contribution >= 4 is 22.9 Å². The lowest BCUT2D eigenvalue weighted by atomic mass is 9.73. The van der Waals surface area contributed by atoms with E-state index in [1.807, 2.05) is 0 Å². The number of likely N-dealkylation sites (tertiary alicyclic amines) is 1. The van der Waals surface area contributed by atoms with E-state index in [1.54, 1.807) is 0 Å². The Balaban J connectivity index is 1.55. The molecule has 0 radical (unpaired) electrons. The molecule has 3 heteroatoms. The van der Waals surface area contributed by atoms with E-state index in [-0.39, 0.29) is 0 Å². The Morgan fingerprint density at radius 3 is 2.15 bits per heavy atom. The maximum atomic E-state index is 2.72. The van der Waals surface area contributed by atoms with Gasteiger partial charge < -0.3 is 4.90 Å². The van der Waals surface area contributed by atoms with Crippen molar-refractivity contribution in [2.24, 2.45) is 5.41 Å². The maximum absolute atomic E-state index is 2.72. The fourth-order valence-electron chi connectivity index (χ4n) is 2.80. The van der Waals surface area contributed by atoms with Crippen LogP contribution in [0, 0.1) is 5.41 Å². The third kappa shape index (κ3) is 1.63. The second-order valence-corrected chi connectivity index (χ2v) is 6.41. The molecule has 0 aromatic heterocycles. The Kier molecular flexibility index (Phi) is 2.11. The molecule has 0 aromatic carbocycles. The first kappa shape index (κ1) is 8.92. The molecule has 2 saturated heterocycles. The summed E-state index contributed by atoms with van der Waals surface area (Å²) in [6.45, 7) is 5.47. The van der Waals surface area contributed by atoms with Crippen molar-refractivity contribution in [1.29, 1.82) is 0 Å². The molecular weight excluding hydrogens is 275 g/mol. The molecule has 3 fully saturated rings. The van der Waals surface area contributed by atoms with E-state index in [1.165, 1.54) is 51.9 Å². The first-order valence-corrected chi connectivity index (χ1v) is 6.39. The largest absolute Gasteiger partial charge is 0.300 e. The first-order valence-electron chi connectivity index (χ1n) is 5.42. The number of nitrogens with zero attached hydrogens (tertiary/aromatic N) is 2. The molecule has 3 aliphatic rings. The normalized spacial score (nSPS) is 34.8. The number of piperidine rings is 1. The van der Waals surface area contributed by atoms with Crippen molar-refractivity contribution in [3.63, 3.8) is 0 Å². The molecule has 0 amide bonds.